The van der Waals surface area contributed by atoms with Crippen LogP contribution in [-0.2, 0) is 19.9 Å². The molecule has 0 aromatic heterocycles. The van der Waals surface area contributed by atoms with Gasteiger partial charge in [-0.3, -0.25) is 0 Å². The molecule has 0 spiro atoms. The van der Waals surface area contributed by atoms with Gasteiger partial charge in [0.25, 0.3) is 0 Å². The van der Waals surface area contributed by atoms with Crippen LogP contribution in [-0.4, -0.2) is 31.8 Å². The topological polar surface area (TPSA) is 47.6 Å². The molecule has 0 amide bonds. The van der Waals surface area contributed by atoms with Crippen LogP contribution in [0.2, 0.25) is 0 Å². The summed E-state index contributed by atoms with van der Waals surface area (Å²) in [6.07, 6.45) is 2.42. The first-order chi connectivity index (χ1) is 12.8. The molecule has 2 aromatic carbocycles. The lowest BCUT2D eigenvalue weighted by molar-refractivity contribution is -0.175. The summed E-state index contributed by atoms with van der Waals surface area (Å²) in [5.41, 5.74) is 0.376. The van der Waals surface area contributed by atoms with Crippen molar-refractivity contribution in [1.82, 2.24) is 5.32 Å². The Morgan fingerprint density at radius 2 is 1.54 bits per heavy atom. The van der Waals surface area contributed by atoms with Crippen LogP contribution in [0, 0.1) is 0 Å². The van der Waals surface area contributed by atoms with Crippen molar-refractivity contribution in [3.8, 4) is 0 Å². The van der Waals surface area contributed by atoms with E-state index in [9.17, 15) is 4.79 Å². The predicted octanol–water partition coefficient (Wildman–Crippen LogP) is 3.65. The fourth-order valence-corrected chi connectivity index (χ4v) is 3.38. The van der Waals surface area contributed by atoms with Gasteiger partial charge in [0.2, 0.25) is 5.60 Å². The molecule has 4 nitrogen and oxygen atoms in total. The van der Waals surface area contributed by atoms with Crippen LogP contribution in [0.3, 0.4) is 0 Å². The first-order valence-corrected chi connectivity index (χ1v) is 9.44. The van der Waals surface area contributed by atoms with Crippen LogP contribution in [0.4, 0.5) is 0 Å². The maximum absolute atomic E-state index is 13.5. The van der Waals surface area contributed by atoms with Crippen molar-refractivity contribution in [3.63, 3.8) is 0 Å². The lowest BCUT2D eigenvalue weighted by atomic mass is 9.85. The molecule has 1 N–H and O–H groups in total. The molecule has 138 valence electrons. The summed E-state index contributed by atoms with van der Waals surface area (Å²) in [6, 6.07) is 19.4. The second-order valence-electron chi connectivity index (χ2n) is 6.62. The van der Waals surface area contributed by atoms with E-state index in [1.165, 1.54) is 0 Å². The van der Waals surface area contributed by atoms with Gasteiger partial charge in [0.15, 0.2) is 0 Å². The van der Waals surface area contributed by atoms with Gasteiger partial charge in [0.05, 0.1) is 0 Å². The number of carbonyl (C=O) groups excluding carboxylic acids is 1. The summed E-state index contributed by atoms with van der Waals surface area (Å²) in [4.78, 5) is 13.5. The van der Waals surface area contributed by atoms with E-state index in [0.717, 1.165) is 43.5 Å². The molecule has 4 heteroatoms. The van der Waals surface area contributed by atoms with Gasteiger partial charge in [-0.1, -0.05) is 67.6 Å². The number of rotatable bonds is 7. The van der Waals surface area contributed by atoms with Gasteiger partial charge in [0.1, 0.15) is 6.10 Å². The van der Waals surface area contributed by atoms with Crippen molar-refractivity contribution in [3.05, 3.63) is 71.8 Å². The number of benzene rings is 2. The summed E-state index contributed by atoms with van der Waals surface area (Å²) in [5, 5.41) is 3.30. The molecule has 1 fully saturated rings. The normalized spacial score (nSPS) is 15.6. The zero-order chi connectivity index (χ0) is 18.2. The fourth-order valence-electron chi connectivity index (χ4n) is 3.38. The Balaban J connectivity index is 2.02. The van der Waals surface area contributed by atoms with Crippen LogP contribution in [0.25, 0.3) is 0 Å². The van der Waals surface area contributed by atoms with E-state index in [0.29, 0.717) is 6.61 Å². The summed E-state index contributed by atoms with van der Waals surface area (Å²) in [6.45, 7) is 4.26. The largest absolute Gasteiger partial charge is 0.460 e. The first kappa shape index (κ1) is 18.6. The third kappa shape index (κ3) is 3.97. The molecule has 0 radical (unpaired) electrons. The van der Waals surface area contributed by atoms with Crippen molar-refractivity contribution in [2.75, 3.05) is 19.7 Å². The van der Waals surface area contributed by atoms with Gasteiger partial charge in [-0.15, -0.1) is 0 Å². The van der Waals surface area contributed by atoms with Crippen molar-refractivity contribution in [2.24, 2.45) is 0 Å². The Bertz CT molecular complexity index is 642. The summed E-state index contributed by atoms with van der Waals surface area (Å²) in [5.74, 6) is -0.324. The van der Waals surface area contributed by atoms with Crippen molar-refractivity contribution >= 4 is 5.97 Å². The number of hydrogen-bond acceptors (Lipinski definition) is 4. The van der Waals surface area contributed by atoms with Gasteiger partial charge < -0.3 is 14.8 Å². The Hall–Kier alpha value is -2.17. The summed E-state index contributed by atoms with van der Waals surface area (Å²) >= 11 is 0. The second kappa shape index (κ2) is 8.97. The molecule has 1 heterocycles. The second-order valence-corrected chi connectivity index (χ2v) is 6.62. The van der Waals surface area contributed by atoms with Gasteiger partial charge in [-0.25, -0.2) is 4.79 Å². The monoisotopic (exact) mass is 353 g/mol. The fraction of sp³-hybridized carbons (Fsp3) is 0.409. The van der Waals surface area contributed by atoms with E-state index in [-0.39, 0.29) is 12.1 Å². The van der Waals surface area contributed by atoms with Crippen LogP contribution < -0.4 is 5.32 Å². The minimum Gasteiger partial charge on any atom is -0.460 e. The maximum atomic E-state index is 13.5. The van der Waals surface area contributed by atoms with Crippen molar-refractivity contribution in [1.29, 1.82) is 0 Å². The Morgan fingerprint density at radius 1 is 1.00 bits per heavy atom. The molecule has 0 atom stereocenters. The van der Waals surface area contributed by atoms with Crippen molar-refractivity contribution in [2.45, 2.75) is 37.9 Å². The molecule has 0 saturated carbocycles. The number of hydrogen-bond donors (Lipinski definition) is 1. The minimum absolute atomic E-state index is 0.0687. The van der Waals surface area contributed by atoms with E-state index in [1.54, 1.807) is 0 Å². The average Bonchev–Trinajstić information content (AvgIpc) is 2.71. The molecule has 26 heavy (non-hydrogen) atoms. The Morgan fingerprint density at radius 3 is 2.04 bits per heavy atom. The van der Waals surface area contributed by atoms with Crippen LogP contribution in [0.15, 0.2) is 60.7 Å². The van der Waals surface area contributed by atoms with Gasteiger partial charge in [-0.2, -0.15) is 0 Å². The standard InChI is InChI=1S/C22H27NO3/c1-2-17-25-22(18-9-5-3-6-10-18,19-11-7-4-8-12-19)21(24)26-20-13-15-23-16-14-20/h3-12,20,23H,2,13-17H2,1H3. The highest BCUT2D eigenvalue weighted by Gasteiger charge is 2.45. The van der Waals surface area contributed by atoms with Crippen LogP contribution in [0.5, 0.6) is 0 Å². The van der Waals surface area contributed by atoms with Crippen molar-refractivity contribution < 1.29 is 14.3 Å². The quantitative estimate of drug-likeness (QED) is 0.772. The Labute approximate surface area is 155 Å². The number of ether oxygens (including phenoxy) is 2. The molecule has 0 unspecified atom stereocenters. The molecule has 1 aliphatic rings. The van der Waals surface area contributed by atoms with E-state index in [1.807, 2.05) is 67.6 Å². The van der Waals surface area contributed by atoms with E-state index < -0.39 is 5.60 Å². The summed E-state index contributed by atoms with van der Waals surface area (Å²) < 4.78 is 12.2. The predicted molar refractivity (Wildman–Crippen MR) is 102 cm³/mol. The highest BCUT2D eigenvalue weighted by atomic mass is 16.6. The van der Waals surface area contributed by atoms with Crippen LogP contribution in [0.1, 0.15) is 37.3 Å². The summed E-state index contributed by atoms with van der Waals surface area (Å²) in [7, 11) is 0. The van der Waals surface area contributed by atoms with Crippen LogP contribution >= 0.6 is 0 Å². The molecule has 0 bridgehead atoms. The number of carbonyl (C=O) groups is 1. The minimum atomic E-state index is -1.23. The van der Waals surface area contributed by atoms with E-state index in [2.05, 4.69) is 5.32 Å². The smallest absolute Gasteiger partial charge is 0.348 e. The molecule has 1 aliphatic heterocycles. The molecule has 0 aliphatic carbocycles. The Kier molecular flexibility index (Phi) is 6.42. The third-order valence-electron chi connectivity index (χ3n) is 4.73. The third-order valence-corrected chi connectivity index (χ3v) is 4.73. The highest BCUT2D eigenvalue weighted by molar-refractivity contribution is 5.86. The van der Waals surface area contributed by atoms with Gasteiger partial charge in [0, 0.05) is 6.61 Å². The lowest BCUT2D eigenvalue weighted by Crippen LogP contribution is -2.45. The number of piperidine rings is 1. The van der Waals surface area contributed by atoms with E-state index >= 15 is 0 Å². The molecule has 2 aromatic rings. The molecule has 3 rings (SSSR count). The number of esters is 1. The molecular formula is C22H27NO3. The zero-order valence-electron chi connectivity index (χ0n) is 15.3. The zero-order valence-corrected chi connectivity index (χ0v) is 15.3. The molecular weight excluding hydrogens is 326 g/mol. The lowest BCUT2D eigenvalue weighted by Gasteiger charge is -2.35. The first-order valence-electron chi connectivity index (χ1n) is 9.44. The SMILES string of the molecule is CCCOC(C(=O)OC1CCNCC1)(c1ccccc1)c1ccccc1. The van der Waals surface area contributed by atoms with E-state index in [4.69, 9.17) is 9.47 Å². The van der Waals surface area contributed by atoms with Gasteiger partial charge in [-0.05, 0) is 43.5 Å². The highest BCUT2D eigenvalue weighted by Crippen LogP contribution is 2.36. The van der Waals surface area contributed by atoms with Gasteiger partial charge >= 0.3 is 5.97 Å². The molecule has 1 saturated heterocycles. The average molecular weight is 353 g/mol. The maximum Gasteiger partial charge on any atom is 0.348 e. The number of nitrogens with one attached hydrogen (secondary N) is 1.